The Morgan fingerprint density at radius 3 is 2.04 bits per heavy atom. The molecule has 2 fully saturated rings. The van der Waals surface area contributed by atoms with Gasteiger partial charge in [-0.25, -0.2) is 0 Å². The molecular weight excluding hydrogens is 374 g/mol. The first-order valence-corrected chi connectivity index (χ1v) is 9.60. The van der Waals surface area contributed by atoms with E-state index in [4.69, 9.17) is 23.2 Å². The Kier molecular flexibility index (Phi) is 10.3. The molecular formula is C16H32Cl2MnN4+2. The molecule has 0 aromatic carbocycles. The number of halogens is 2. The summed E-state index contributed by atoms with van der Waals surface area (Å²) < 4.78 is -0.769. The molecule has 23 heavy (non-hydrogen) atoms. The molecule has 135 valence electrons. The second kappa shape index (κ2) is 10.8. The molecule has 2 heterocycles. The van der Waals surface area contributed by atoms with E-state index in [1.54, 1.807) is 0 Å². The van der Waals surface area contributed by atoms with Crippen molar-refractivity contribution >= 4 is 23.2 Å². The van der Waals surface area contributed by atoms with Gasteiger partial charge in [-0.3, -0.25) is 9.80 Å². The fraction of sp³-hybridized carbons (Fsp3) is 1.00. The van der Waals surface area contributed by atoms with E-state index in [1.165, 1.54) is 19.5 Å². The largest absolute Gasteiger partial charge is 2.00 e. The standard InChI is InChI=1S/C16H32Cl2N4.Mn/c1-3-19-7-6-10-22-14-13-21(12-11-19)9-5-8-20(4-2)15-16(22,17)18;/h3-15H2,1-2H3;/q;+2. The first-order chi connectivity index (χ1) is 10.5. The molecule has 2 aliphatic rings. The number of fused-ring (bicyclic) bond motifs is 3. The predicted octanol–water partition coefficient (Wildman–Crippen LogP) is 2.17. The van der Waals surface area contributed by atoms with E-state index >= 15 is 0 Å². The van der Waals surface area contributed by atoms with Crippen LogP contribution in [0.2, 0.25) is 0 Å². The Bertz CT molecular complexity index is 333. The van der Waals surface area contributed by atoms with E-state index in [9.17, 15) is 0 Å². The van der Waals surface area contributed by atoms with Gasteiger partial charge in [0.05, 0.1) is 0 Å². The summed E-state index contributed by atoms with van der Waals surface area (Å²) in [6.07, 6.45) is 2.34. The average Bonchev–Trinajstić information content (AvgIpc) is 2.51. The minimum atomic E-state index is -0.769. The van der Waals surface area contributed by atoms with Crippen molar-refractivity contribution in [3.05, 3.63) is 0 Å². The van der Waals surface area contributed by atoms with E-state index in [0.29, 0.717) is 0 Å². The van der Waals surface area contributed by atoms with E-state index < -0.39 is 4.46 Å². The van der Waals surface area contributed by atoms with Crippen LogP contribution in [0.1, 0.15) is 26.7 Å². The maximum Gasteiger partial charge on any atom is 2.00 e. The maximum atomic E-state index is 6.75. The number of likely N-dealkylation sites (N-methyl/N-ethyl adjacent to an activating group) is 2. The van der Waals surface area contributed by atoms with E-state index in [1.807, 2.05) is 0 Å². The van der Waals surface area contributed by atoms with Gasteiger partial charge >= 0.3 is 17.1 Å². The molecule has 0 saturated carbocycles. The van der Waals surface area contributed by atoms with Gasteiger partial charge in [-0.15, -0.1) is 0 Å². The van der Waals surface area contributed by atoms with Gasteiger partial charge in [-0.1, -0.05) is 37.0 Å². The Balaban J connectivity index is 0.00000264. The molecule has 4 nitrogen and oxygen atoms in total. The van der Waals surface area contributed by atoms with Crippen molar-refractivity contribution in [3.63, 3.8) is 0 Å². The zero-order valence-corrected chi connectivity index (χ0v) is 17.3. The summed E-state index contributed by atoms with van der Waals surface area (Å²) in [4.78, 5) is 9.81. The third-order valence-corrected chi connectivity index (χ3v) is 5.76. The molecule has 0 aliphatic carbocycles. The van der Waals surface area contributed by atoms with Crippen molar-refractivity contribution in [1.82, 2.24) is 19.6 Å². The van der Waals surface area contributed by atoms with Gasteiger partial charge < -0.3 is 9.80 Å². The molecule has 0 spiro atoms. The van der Waals surface area contributed by atoms with Crippen LogP contribution in [-0.4, -0.2) is 96.0 Å². The van der Waals surface area contributed by atoms with Gasteiger partial charge in [0.15, 0.2) is 4.46 Å². The van der Waals surface area contributed by atoms with Crippen LogP contribution in [-0.2, 0) is 17.1 Å². The molecule has 2 saturated heterocycles. The summed E-state index contributed by atoms with van der Waals surface area (Å²) in [7, 11) is 0. The molecule has 2 bridgehead atoms. The van der Waals surface area contributed by atoms with Crippen molar-refractivity contribution < 1.29 is 17.1 Å². The van der Waals surface area contributed by atoms with Crippen molar-refractivity contribution in [3.8, 4) is 0 Å². The first kappa shape index (κ1) is 22.0. The number of nitrogens with zero attached hydrogens (tertiary/aromatic N) is 4. The van der Waals surface area contributed by atoms with Crippen molar-refractivity contribution in [2.24, 2.45) is 0 Å². The van der Waals surface area contributed by atoms with E-state index in [-0.39, 0.29) is 17.1 Å². The zero-order valence-electron chi connectivity index (χ0n) is 14.6. The van der Waals surface area contributed by atoms with Gasteiger partial charge in [0, 0.05) is 39.3 Å². The van der Waals surface area contributed by atoms with Gasteiger partial charge in [0.2, 0.25) is 0 Å². The summed E-state index contributed by atoms with van der Waals surface area (Å²) in [6, 6.07) is 0. The van der Waals surface area contributed by atoms with E-state index in [2.05, 4.69) is 33.4 Å². The molecule has 2 atom stereocenters. The Hall–Kier alpha value is 0.939. The predicted molar refractivity (Wildman–Crippen MR) is 95.9 cm³/mol. The smallest absolute Gasteiger partial charge is 0.302 e. The summed E-state index contributed by atoms with van der Waals surface area (Å²) >= 11 is 13.5. The molecule has 2 rings (SSSR count). The van der Waals surface area contributed by atoms with Gasteiger partial charge in [0.25, 0.3) is 0 Å². The minimum Gasteiger partial charge on any atom is -0.302 e. The van der Waals surface area contributed by atoms with Crippen molar-refractivity contribution in [2.75, 3.05) is 72.0 Å². The summed E-state index contributed by atoms with van der Waals surface area (Å²) in [5.74, 6) is 0. The maximum absolute atomic E-state index is 6.75. The topological polar surface area (TPSA) is 13.0 Å². The molecule has 0 N–H and O–H groups in total. The van der Waals surface area contributed by atoms with Crippen LogP contribution >= 0.6 is 23.2 Å². The fourth-order valence-electron chi connectivity index (χ4n) is 3.47. The molecule has 1 radical (unpaired) electrons. The number of rotatable bonds is 2. The molecule has 0 amide bonds. The first-order valence-electron chi connectivity index (χ1n) is 8.85. The van der Waals surface area contributed by atoms with Crippen LogP contribution in [0.3, 0.4) is 0 Å². The quantitative estimate of drug-likeness (QED) is 0.396. The summed E-state index contributed by atoms with van der Waals surface area (Å²) in [5.41, 5.74) is 0. The molecule has 2 aliphatic heterocycles. The number of hydrogen-bond donors (Lipinski definition) is 0. The molecule has 0 aromatic rings. The summed E-state index contributed by atoms with van der Waals surface area (Å²) in [5, 5.41) is 0. The SMILES string of the molecule is CCN1CCCN2CCN(CCCN(CC)CC2(Cl)Cl)CC1.[Mn+2]. The zero-order chi connectivity index (χ0) is 16.0. The van der Waals surface area contributed by atoms with Crippen molar-refractivity contribution in [1.29, 1.82) is 0 Å². The molecule has 7 heteroatoms. The van der Waals surface area contributed by atoms with Gasteiger partial charge in [-0.05, 0) is 45.6 Å². The normalized spacial score (nSPS) is 31.3. The van der Waals surface area contributed by atoms with Crippen LogP contribution in [0.5, 0.6) is 0 Å². The summed E-state index contributed by atoms with van der Waals surface area (Å²) in [6.45, 7) is 16.1. The third kappa shape index (κ3) is 6.99. The second-order valence-electron chi connectivity index (χ2n) is 6.50. The van der Waals surface area contributed by atoms with Crippen LogP contribution < -0.4 is 0 Å². The molecule has 2 unspecified atom stereocenters. The monoisotopic (exact) mass is 405 g/mol. The fourth-order valence-corrected chi connectivity index (χ4v) is 4.14. The Morgan fingerprint density at radius 1 is 0.739 bits per heavy atom. The third-order valence-electron chi connectivity index (χ3n) is 5.04. The average molecular weight is 406 g/mol. The Labute approximate surface area is 162 Å². The molecule has 0 aromatic heterocycles. The van der Waals surface area contributed by atoms with E-state index in [0.717, 1.165) is 65.3 Å². The number of alkyl halides is 2. The minimum absolute atomic E-state index is 0. The van der Waals surface area contributed by atoms with Gasteiger partial charge in [-0.2, -0.15) is 0 Å². The second-order valence-corrected chi connectivity index (χ2v) is 7.95. The van der Waals surface area contributed by atoms with Crippen molar-refractivity contribution in [2.45, 2.75) is 31.1 Å². The van der Waals surface area contributed by atoms with Crippen LogP contribution in [0.25, 0.3) is 0 Å². The van der Waals surface area contributed by atoms with Crippen LogP contribution in [0.15, 0.2) is 0 Å². The number of hydrogen-bond acceptors (Lipinski definition) is 4. The Morgan fingerprint density at radius 2 is 1.35 bits per heavy atom. The van der Waals surface area contributed by atoms with Crippen LogP contribution in [0.4, 0.5) is 0 Å². The van der Waals surface area contributed by atoms with Gasteiger partial charge in [0.1, 0.15) is 0 Å². The van der Waals surface area contributed by atoms with Crippen LogP contribution in [0, 0.1) is 0 Å².